The van der Waals surface area contributed by atoms with Gasteiger partial charge in [0.15, 0.2) is 0 Å². The number of pyridine rings is 1. The summed E-state index contributed by atoms with van der Waals surface area (Å²) in [5.41, 5.74) is -1.29. The Morgan fingerprint density at radius 2 is 1.41 bits per heavy atom. The summed E-state index contributed by atoms with van der Waals surface area (Å²) in [5.74, 6) is -0.568. The largest absolute Gasteiger partial charge is 0.416 e. The smallest absolute Gasteiger partial charge is 0.253 e. The van der Waals surface area contributed by atoms with Gasteiger partial charge in [-0.1, -0.05) is 31.2 Å². The highest BCUT2D eigenvalue weighted by Crippen LogP contribution is 2.38. The van der Waals surface area contributed by atoms with E-state index in [9.17, 15) is 26.3 Å². The highest BCUT2D eigenvalue weighted by Gasteiger charge is 2.37. The highest BCUT2D eigenvalue weighted by atomic mass is 19.4. The predicted molar refractivity (Wildman–Crippen MR) is 90.3 cm³/mol. The van der Waals surface area contributed by atoms with E-state index in [1.54, 1.807) is 19.1 Å². The van der Waals surface area contributed by atoms with E-state index in [4.69, 9.17) is 0 Å². The molecule has 0 radical (unpaired) electrons. The molecule has 3 aromatic rings. The first-order valence-corrected chi connectivity index (χ1v) is 8.18. The second kappa shape index (κ2) is 6.87. The van der Waals surface area contributed by atoms with Gasteiger partial charge in [0.2, 0.25) is 0 Å². The molecule has 27 heavy (non-hydrogen) atoms. The van der Waals surface area contributed by atoms with Crippen molar-refractivity contribution in [3.63, 3.8) is 0 Å². The lowest BCUT2D eigenvalue weighted by Crippen LogP contribution is -2.13. The van der Waals surface area contributed by atoms with E-state index in [1.807, 2.05) is 24.3 Å². The third kappa shape index (κ3) is 4.40. The summed E-state index contributed by atoms with van der Waals surface area (Å²) in [6.07, 6.45) is -9.47. The molecule has 1 aromatic heterocycles. The van der Waals surface area contributed by atoms with Crippen LogP contribution in [-0.4, -0.2) is 4.98 Å². The van der Waals surface area contributed by atoms with Crippen molar-refractivity contribution in [2.24, 2.45) is 0 Å². The van der Waals surface area contributed by atoms with E-state index in [0.717, 1.165) is 23.0 Å². The normalized spacial score (nSPS) is 13.7. The molecule has 2 aromatic carbocycles. The van der Waals surface area contributed by atoms with Crippen molar-refractivity contribution in [3.05, 3.63) is 77.0 Å². The molecule has 0 amide bonds. The predicted octanol–water partition coefficient (Wildman–Crippen LogP) is 6.62. The lowest BCUT2D eigenvalue weighted by molar-refractivity contribution is -0.143. The molecule has 1 nitrogen and oxygen atoms in total. The third-order valence-corrected chi connectivity index (χ3v) is 4.35. The second-order valence-corrected chi connectivity index (χ2v) is 6.44. The molecular formula is C20H15F6N. The number of nitrogens with zero attached hydrogens (tertiary/aromatic N) is 1. The first-order valence-electron chi connectivity index (χ1n) is 8.18. The van der Waals surface area contributed by atoms with Crippen molar-refractivity contribution < 1.29 is 26.3 Å². The average Bonchev–Trinajstić information content (AvgIpc) is 2.59. The van der Waals surface area contributed by atoms with Crippen LogP contribution >= 0.6 is 0 Å². The molecule has 0 saturated heterocycles. The summed E-state index contributed by atoms with van der Waals surface area (Å²) in [4.78, 5) is 4.44. The summed E-state index contributed by atoms with van der Waals surface area (Å²) in [5, 5.41) is 0.910. The Hall–Kier alpha value is -2.57. The van der Waals surface area contributed by atoms with Crippen LogP contribution in [0.3, 0.4) is 0 Å². The number of benzene rings is 2. The maximum Gasteiger partial charge on any atom is 0.416 e. The number of halogens is 6. The minimum absolute atomic E-state index is 0.0212. The Morgan fingerprint density at radius 3 is 2.00 bits per heavy atom. The molecule has 1 atom stereocenters. The van der Waals surface area contributed by atoms with Gasteiger partial charge in [-0.3, -0.25) is 4.98 Å². The van der Waals surface area contributed by atoms with Crippen molar-refractivity contribution in [3.8, 4) is 0 Å². The van der Waals surface area contributed by atoms with Gasteiger partial charge in [-0.25, -0.2) is 0 Å². The van der Waals surface area contributed by atoms with Crippen LogP contribution in [0.5, 0.6) is 0 Å². The topological polar surface area (TPSA) is 12.9 Å². The quantitative estimate of drug-likeness (QED) is 0.463. The molecule has 3 rings (SSSR count). The zero-order valence-corrected chi connectivity index (χ0v) is 14.2. The lowest BCUT2D eigenvalue weighted by atomic mass is 9.92. The van der Waals surface area contributed by atoms with E-state index in [-0.39, 0.29) is 18.1 Å². The third-order valence-electron chi connectivity index (χ3n) is 4.35. The van der Waals surface area contributed by atoms with Gasteiger partial charge in [0.05, 0.1) is 16.6 Å². The Kier molecular flexibility index (Phi) is 4.88. The molecule has 142 valence electrons. The Labute approximate surface area is 151 Å². The number of fused-ring (bicyclic) bond motifs is 1. The van der Waals surface area contributed by atoms with E-state index in [1.165, 1.54) is 0 Å². The molecule has 0 aliphatic carbocycles. The average molecular weight is 383 g/mol. The standard InChI is InChI=1S/C20H15F6N/c1-12(8-17-7-6-13-4-2-3-5-18(13)27-17)14-9-15(19(21,22)23)11-16(10-14)20(24,25)26/h2-7,9-12H,8H2,1H3/t12-/m1/s1. The van der Waals surface area contributed by atoms with Crippen LogP contribution in [0.4, 0.5) is 26.3 Å². The van der Waals surface area contributed by atoms with Crippen molar-refractivity contribution in [2.75, 3.05) is 0 Å². The van der Waals surface area contributed by atoms with Crippen LogP contribution in [0.1, 0.15) is 35.2 Å². The fraction of sp³-hybridized carbons (Fsp3) is 0.250. The molecule has 0 fully saturated rings. The summed E-state index contributed by atoms with van der Waals surface area (Å²) >= 11 is 0. The monoisotopic (exact) mass is 383 g/mol. The van der Waals surface area contributed by atoms with Crippen LogP contribution in [0, 0.1) is 0 Å². The first-order chi connectivity index (χ1) is 12.5. The van der Waals surface area contributed by atoms with Gasteiger partial charge in [-0.15, -0.1) is 0 Å². The van der Waals surface area contributed by atoms with Crippen LogP contribution in [0.25, 0.3) is 10.9 Å². The Bertz CT molecular complexity index is 926. The van der Waals surface area contributed by atoms with Gasteiger partial charge in [0.1, 0.15) is 0 Å². The fourth-order valence-electron chi connectivity index (χ4n) is 2.92. The maximum atomic E-state index is 13.0. The molecule has 0 bridgehead atoms. The molecule has 1 heterocycles. The second-order valence-electron chi connectivity index (χ2n) is 6.44. The van der Waals surface area contributed by atoms with Gasteiger partial charge in [-0.05, 0) is 48.2 Å². The lowest BCUT2D eigenvalue weighted by Gasteiger charge is -2.18. The molecule has 0 N–H and O–H groups in total. The Balaban J connectivity index is 1.96. The van der Waals surface area contributed by atoms with Crippen molar-refractivity contribution in [1.29, 1.82) is 0 Å². The number of rotatable bonds is 3. The maximum absolute atomic E-state index is 13.0. The van der Waals surface area contributed by atoms with Gasteiger partial charge in [0.25, 0.3) is 0 Å². The molecule has 0 unspecified atom stereocenters. The van der Waals surface area contributed by atoms with E-state index in [2.05, 4.69) is 4.98 Å². The SMILES string of the molecule is C[C@H](Cc1ccc2ccccc2n1)c1cc(C(F)(F)F)cc(C(F)(F)F)c1. The van der Waals surface area contributed by atoms with Crippen LogP contribution in [-0.2, 0) is 18.8 Å². The molecule has 0 spiro atoms. The number of para-hydroxylation sites is 1. The summed E-state index contributed by atoms with van der Waals surface area (Å²) in [6.45, 7) is 1.59. The molecular weight excluding hydrogens is 368 g/mol. The number of aromatic nitrogens is 1. The van der Waals surface area contributed by atoms with Crippen LogP contribution in [0.2, 0.25) is 0 Å². The number of hydrogen-bond donors (Lipinski definition) is 0. The van der Waals surface area contributed by atoms with Gasteiger partial charge in [-0.2, -0.15) is 26.3 Å². The summed E-state index contributed by atoms with van der Waals surface area (Å²) in [7, 11) is 0. The summed E-state index contributed by atoms with van der Waals surface area (Å²) in [6, 6.07) is 12.6. The van der Waals surface area contributed by atoms with Crippen molar-refractivity contribution >= 4 is 10.9 Å². The number of hydrogen-bond acceptors (Lipinski definition) is 1. The molecule has 0 aliphatic rings. The van der Waals surface area contributed by atoms with Crippen LogP contribution in [0.15, 0.2) is 54.6 Å². The highest BCUT2D eigenvalue weighted by molar-refractivity contribution is 5.78. The van der Waals surface area contributed by atoms with E-state index < -0.39 is 29.4 Å². The van der Waals surface area contributed by atoms with Gasteiger partial charge < -0.3 is 0 Å². The zero-order chi connectivity index (χ0) is 19.8. The Morgan fingerprint density at radius 1 is 0.815 bits per heavy atom. The minimum atomic E-state index is -4.85. The van der Waals surface area contributed by atoms with Crippen molar-refractivity contribution in [2.45, 2.75) is 31.6 Å². The van der Waals surface area contributed by atoms with Gasteiger partial charge >= 0.3 is 12.4 Å². The molecule has 0 aliphatic heterocycles. The van der Waals surface area contributed by atoms with Crippen molar-refractivity contribution in [1.82, 2.24) is 4.98 Å². The molecule has 0 saturated carbocycles. The summed E-state index contributed by atoms with van der Waals surface area (Å²) < 4.78 is 78.1. The van der Waals surface area contributed by atoms with E-state index in [0.29, 0.717) is 5.69 Å². The van der Waals surface area contributed by atoms with E-state index >= 15 is 0 Å². The number of alkyl halides is 6. The fourth-order valence-corrected chi connectivity index (χ4v) is 2.92. The zero-order valence-electron chi connectivity index (χ0n) is 14.2. The van der Waals surface area contributed by atoms with Crippen LogP contribution < -0.4 is 0 Å². The van der Waals surface area contributed by atoms with Gasteiger partial charge in [0, 0.05) is 11.1 Å². The first kappa shape index (κ1) is 19.2. The molecule has 7 heteroatoms. The minimum Gasteiger partial charge on any atom is -0.253 e.